The van der Waals surface area contributed by atoms with Crippen LogP contribution in [0.1, 0.15) is 11.1 Å². The SMILES string of the molecule is Cc1c(N)nc(N)c(N)c1C. The normalized spacial score (nSPS) is 10.0. The zero-order chi connectivity index (χ0) is 8.59. The second-order valence-electron chi connectivity index (χ2n) is 2.55. The van der Waals surface area contributed by atoms with Crippen molar-refractivity contribution in [3.63, 3.8) is 0 Å². The summed E-state index contributed by atoms with van der Waals surface area (Å²) in [5.74, 6) is 0.764. The highest BCUT2D eigenvalue weighted by Gasteiger charge is 2.06. The molecule has 1 rings (SSSR count). The van der Waals surface area contributed by atoms with E-state index in [1.165, 1.54) is 0 Å². The third-order valence-corrected chi connectivity index (χ3v) is 1.87. The van der Waals surface area contributed by atoms with Crippen LogP contribution < -0.4 is 17.2 Å². The van der Waals surface area contributed by atoms with Crippen molar-refractivity contribution in [2.45, 2.75) is 13.8 Å². The molecule has 6 N–H and O–H groups in total. The maximum Gasteiger partial charge on any atom is 0.149 e. The second kappa shape index (κ2) is 2.30. The molecule has 0 saturated heterocycles. The Morgan fingerprint density at radius 3 is 2.00 bits per heavy atom. The number of aromatic nitrogens is 1. The standard InChI is InChI=1S/C7H12N4/c1-3-4(2)6(9)11-7(10)5(3)8/h8H2,1-2H3,(H4,9,10,11). The first-order valence-corrected chi connectivity index (χ1v) is 3.31. The van der Waals surface area contributed by atoms with E-state index in [-0.39, 0.29) is 0 Å². The minimum absolute atomic E-state index is 0.311. The number of pyridine rings is 1. The van der Waals surface area contributed by atoms with Crippen LogP contribution in [0.15, 0.2) is 0 Å². The third-order valence-electron chi connectivity index (χ3n) is 1.87. The van der Waals surface area contributed by atoms with E-state index in [1.54, 1.807) is 0 Å². The van der Waals surface area contributed by atoms with Gasteiger partial charge in [0.15, 0.2) is 0 Å². The number of nitrogen functional groups attached to an aromatic ring is 3. The quantitative estimate of drug-likeness (QED) is 0.503. The Morgan fingerprint density at radius 2 is 1.45 bits per heavy atom. The van der Waals surface area contributed by atoms with Gasteiger partial charge in [0.05, 0.1) is 5.69 Å². The average molecular weight is 152 g/mol. The van der Waals surface area contributed by atoms with Gasteiger partial charge in [-0.3, -0.25) is 0 Å². The molecule has 0 amide bonds. The molecule has 0 aliphatic heterocycles. The van der Waals surface area contributed by atoms with Gasteiger partial charge in [0.1, 0.15) is 11.6 Å². The molecule has 11 heavy (non-hydrogen) atoms. The molecule has 0 saturated carbocycles. The molecule has 1 heterocycles. The zero-order valence-electron chi connectivity index (χ0n) is 6.68. The van der Waals surface area contributed by atoms with Gasteiger partial charge < -0.3 is 17.2 Å². The van der Waals surface area contributed by atoms with Crippen LogP contribution in [-0.2, 0) is 0 Å². The summed E-state index contributed by atoms with van der Waals surface area (Å²) in [7, 11) is 0. The van der Waals surface area contributed by atoms with Gasteiger partial charge in [-0.25, -0.2) is 4.98 Å². The summed E-state index contributed by atoms with van der Waals surface area (Å²) in [6.45, 7) is 3.74. The second-order valence-corrected chi connectivity index (χ2v) is 2.55. The lowest BCUT2D eigenvalue weighted by Crippen LogP contribution is -2.06. The van der Waals surface area contributed by atoms with Gasteiger partial charge in [-0.2, -0.15) is 0 Å². The van der Waals surface area contributed by atoms with Gasteiger partial charge in [-0.15, -0.1) is 0 Å². The van der Waals surface area contributed by atoms with Crippen LogP contribution >= 0.6 is 0 Å². The average Bonchev–Trinajstić information content (AvgIpc) is 1.97. The molecule has 0 unspecified atom stereocenters. The van der Waals surface area contributed by atoms with E-state index >= 15 is 0 Å². The molecule has 60 valence electrons. The monoisotopic (exact) mass is 152 g/mol. The summed E-state index contributed by atoms with van der Waals surface area (Å²) in [6, 6.07) is 0. The first kappa shape index (κ1) is 7.65. The van der Waals surface area contributed by atoms with Crippen molar-refractivity contribution in [2.75, 3.05) is 17.2 Å². The maximum atomic E-state index is 5.61. The number of anilines is 3. The summed E-state index contributed by atoms with van der Waals surface area (Å²) in [4.78, 5) is 3.86. The first-order chi connectivity index (χ1) is 5.04. The fraction of sp³-hybridized carbons (Fsp3) is 0.286. The van der Waals surface area contributed by atoms with Crippen LogP contribution in [0, 0.1) is 13.8 Å². The van der Waals surface area contributed by atoms with E-state index in [0.717, 1.165) is 11.1 Å². The minimum atomic E-state index is 0.311. The molecule has 0 atom stereocenters. The first-order valence-electron chi connectivity index (χ1n) is 3.31. The van der Waals surface area contributed by atoms with Crippen molar-refractivity contribution in [1.29, 1.82) is 0 Å². The highest BCUT2D eigenvalue weighted by molar-refractivity contribution is 5.69. The van der Waals surface area contributed by atoms with E-state index in [4.69, 9.17) is 17.2 Å². The van der Waals surface area contributed by atoms with Crippen molar-refractivity contribution in [1.82, 2.24) is 4.98 Å². The molecular weight excluding hydrogens is 140 g/mol. The number of hydrogen-bond donors (Lipinski definition) is 3. The van der Waals surface area contributed by atoms with Gasteiger partial charge in [0, 0.05) is 0 Å². The Labute approximate surface area is 65.4 Å². The lowest BCUT2D eigenvalue weighted by Gasteiger charge is -2.08. The van der Waals surface area contributed by atoms with Crippen molar-refractivity contribution in [3.8, 4) is 0 Å². The lowest BCUT2D eigenvalue weighted by atomic mass is 10.1. The molecule has 0 spiro atoms. The molecule has 0 aliphatic rings. The molecular formula is C7H12N4. The fourth-order valence-corrected chi connectivity index (χ4v) is 0.860. The minimum Gasteiger partial charge on any atom is -0.396 e. The molecule has 4 nitrogen and oxygen atoms in total. The number of nitrogens with two attached hydrogens (primary N) is 3. The maximum absolute atomic E-state index is 5.61. The van der Waals surface area contributed by atoms with E-state index in [0.29, 0.717) is 17.3 Å². The summed E-state index contributed by atoms with van der Waals surface area (Å²) >= 11 is 0. The summed E-state index contributed by atoms with van der Waals surface area (Å²) < 4.78 is 0. The Balaban J connectivity index is 3.46. The van der Waals surface area contributed by atoms with Crippen LogP contribution in [0.3, 0.4) is 0 Å². The Morgan fingerprint density at radius 1 is 0.909 bits per heavy atom. The third kappa shape index (κ3) is 1.07. The molecule has 0 fully saturated rings. The van der Waals surface area contributed by atoms with Crippen molar-refractivity contribution >= 4 is 17.3 Å². The van der Waals surface area contributed by atoms with E-state index < -0.39 is 0 Å². The van der Waals surface area contributed by atoms with Crippen LogP contribution in [0.25, 0.3) is 0 Å². The van der Waals surface area contributed by atoms with Crippen molar-refractivity contribution in [2.24, 2.45) is 0 Å². The van der Waals surface area contributed by atoms with E-state index in [9.17, 15) is 0 Å². The lowest BCUT2D eigenvalue weighted by molar-refractivity contribution is 1.24. The topological polar surface area (TPSA) is 90.9 Å². The van der Waals surface area contributed by atoms with Crippen molar-refractivity contribution < 1.29 is 0 Å². The molecule has 0 radical (unpaired) electrons. The van der Waals surface area contributed by atoms with Gasteiger partial charge in [0.2, 0.25) is 0 Å². The zero-order valence-corrected chi connectivity index (χ0v) is 6.68. The van der Waals surface area contributed by atoms with Gasteiger partial charge in [-0.1, -0.05) is 0 Å². The Bertz CT molecular complexity index is 267. The number of hydrogen-bond acceptors (Lipinski definition) is 4. The number of rotatable bonds is 0. The molecule has 1 aromatic rings. The fourth-order valence-electron chi connectivity index (χ4n) is 0.860. The van der Waals surface area contributed by atoms with Gasteiger partial charge in [-0.05, 0) is 25.0 Å². The smallest absolute Gasteiger partial charge is 0.149 e. The summed E-state index contributed by atoms with van der Waals surface area (Å²) in [6.07, 6.45) is 0. The van der Waals surface area contributed by atoms with E-state index in [2.05, 4.69) is 4.98 Å². The molecule has 0 aromatic carbocycles. The highest BCUT2D eigenvalue weighted by Crippen LogP contribution is 2.23. The Hall–Kier alpha value is -1.45. The summed E-state index contributed by atoms with van der Waals surface area (Å²) in [5, 5.41) is 0. The largest absolute Gasteiger partial charge is 0.396 e. The molecule has 1 aromatic heterocycles. The molecule has 0 aliphatic carbocycles. The van der Waals surface area contributed by atoms with Gasteiger partial charge >= 0.3 is 0 Å². The molecule has 0 bridgehead atoms. The highest BCUT2D eigenvalue weighted by atomic mass is 14.9. The van der Waals surface area contributed by atoms with Gasteiger partial charge in [0.25, 0.3) is 0 Å². The van der Waals surface area contributed by atoms with E-state index in [1.807, 2.05) is 13.8 Å². The van der Waals surface area contributed by atoms with Crippen LogP contribution in [0.2, 0.25) is 0 Å². The van der Waals surface area contributed by atoms with Crippen LogP contribution in [0.5, 0.6) is 0 Å². The van der Waals surface area contributed by atoms with Crippen LogP contribution in [-0.4, -0.2) is 4.98 Å². The molecule has 4 heteroatoms. The predicted molar refractivity (Wildman–Crippen MR) is 46.9 cm³/mol. The number of nitrogens with zero attached hydrogens (tertiary/aromatic N) is 1. The van der Waals surface area contributed by atoms with Crippen LogP contribution in [0.4, 0.5) is 17.3 Å². The predicted octanol–water partition coefficient (Wildman–Crippen LogP) is 0.445. The summed E-state index contributed by atoms with van der Waals surface area (Å²) in [5.41, 5.74) is 19.0. The van der Waals surface area contributed by atoms with Crippen molar-refractivity contribution in [3.05, 3.63) is 11.1 Å². The Kier molecular flexibility index (Phi) is 1.60.